The van der Waals surface area contributed by atoms with Crippen LogP contribution in [0.1, 0.15) is 35.7 Å². The van der Waals surface area contributed by atoms with Crippen molar-refractivity contribution in [2.75, 3.05) is 0 Å². The number of carbonyl (C=O) groups is 1. The molecule has 1 aliphatic carbocycles. The van der Waals surface area contributed by atoms with E-state index in [4.69, 9.17) is 4.98 Å². The number of pyridine rings is 1. The average molecular weight is 344 g/mol. The zero-order valence-corrected chi connectivity index (χ0v) is 14.4. The van der Waals surface area contributed by atoms with Crippen molar-refractivity contribution in [3.8, 4) is 11.4 Å². The Bertz CT molecular complexity index is 896. The summed E-state index contributed by atoms with van der Waals surface area (Å²) < 4.78 is 0. The third-order valence-corrected chi connectivity index (χ3v) is 4.64. The van der Waals surface area contributed by atoms with Gasteiger partial charge in [-0.15, -0.1) is 0 Å². The molecule has 0 spiro atoms. The molecule has 1 aromatic carbocycles. The van der Waals surface area contributed by atoms with Crippen molar-refractivity contribution in [3.05, 3.63) is 77.9 Å². The molecule has 0 bridgehead atoms. The number of aryl methyl sites for hydroxylation is 1. The molecule has 1 amide bonds. The summed E-state index contributed by atoms with van der Waals surface area (Å²) in [6.07, 6.45) is 8.59. The second-order valence-electron chi connectivity index (χ2n) is 6.51. The summed E-state index contributed by atoms with van der Waals surface area (Å²) in [6, 6.07) is 13.6. The zero-order valence-electron chi connectivity index (χ0n) is 14.4. The number of hydrogen-bond acceptors (Lipinski definition) is 4. The number of rotatable bonds is 4. The van der Waals surface area contributed by atoms with Crippen molar-refractivity contribution in [1.29, 1.82) is 0 Å². The van der Waals surface area contributed by atoms with Crippen molar-refractivity contribution in [2.45, 2.75) is 31.7 Å². The number of aromatic nitrogens is 3. The minimum absolute atomic E-state index is 0.0158. The Balaban J connectivity index is 1.51. The fourth-order valence-electron chi connectivity index (χ4n) is 3.36. The molecule has 4 rings (SSSR count). The van der Waals surface area contributed by atoms with Gasteiger partial charge in [0.1, 0.15) is 0 Å². The summed E-state index contributed by atoms with van der Waals surface area (Å²) in [7, 11) is 0. The Morgan fingerprint density at radius 1 is 1.12 bits per heavy atom. The zero-order chi connectivity index (χ0) is 17.8. The van der Waals surface area contributed by atoms with Crippen molar-refractivity contribution < 1.29 is 4.79 Å². The van der Waals surface area contributed by atoms with Crippen LogP contribution in [0.3, 0.4) is 0 Å². The van der Waals surface area contributed by atoms with Crippen LogP contribution in [0.15, 0.2) is 61.1 Å². The molecule has 3 aromatic rings. The number of fused-ring (bicyclic) bond motifs is 1. The van der Waals surface area contributed by atoms with Crippen LogP contribution >= 0.6 is 0 Å². The van der Waals surface area contributed by atoms with E-state index >= 15 is 0 Å². The van der Waals surface area contributed by atoms with E-state index in [1.807, 2.05) is 48.7 Å². The maximum Gasteiger partial charge on any atom is 0.224 e. The minimum Gasteiger partial charge on any atom is -0.349 e. The second-order valence-corrected chi connectivity index (χ2v) is 6.51. The standard InChI is InChI=1S/C21H20N4O/c26-20(12-15-6-2-1-3-7-15)24-18-9-4-10-19-17(18)14-23-21(25-19)16-8-5-11-22-13-16/h1-3,5-8,11,13-14,18H,4,9-10,12H2,(H,24,26). The van der Waals surface area contributed by atoms with Gasteiger partial charge in [0.2, 0.25) is 5.91 Å². The van der Waals surface area contributed by atoms with Crippen molar-refractivity contribution in [2.24, 2.45) is 0 Å². The lowest BCUT2D eigenvalue weighted by molar-refractivity contribution is -0.121. The predicted octanol–water partition coefficient (Wildman–Crippen LogP) is 3.27. The first-order valence-corrected chi connectivity index (χ1v) is 8.89. The van der Waals surface area contributed by atoms with Crippen molar-refractivity contribution >= 4 is 5.91 Å². The second kappa shape index (κ2) is 7.44. The van der Waals surface area contributed by atoms with Crippen LogP contribution in [0.2, 0.25) is 0 Å². The highest BCUT2D eigenvalue weighted by atomic mass is 16.1. The molecule has 0 fully saturated rings. The minimum atomic E-state index is -0.0158. The van der Waals surface area contributed by atoms with Gasteiger partial charge >= 0.3 is 0 Å². The maximum atomic E-state index is 12.4. The van der Waals surface area contributed by atoms with Crippen LogP contribution < -0.4 is 5.32 Å². The molecule has 5 heteroatoms. The van der Waals surface area contributed by atoms with Gasteiger partial charge in [0, 0.05) is 35.4 Å². The van der Waals surface area contributed by atoms with Gasteiger partial charge in [-0.25, -0.2) is 9.97 Å². The van der Waals surface area contributed by atoms with Crippen molar-refractivity contribution in [1.82, 2.24) is 20.3 Å². The quantitative estimate of drug-likeness (QED) is 0.789. The van der Waals surface area contributed by atoms with Gasteiger partial charge in [0.15, 0.2) is 5.82 Å². The average Bonchev–Trinajstić information content (AvgIpc) is 2.69. The van der Waals surface area contributed by atoms with Gasteiger partial charge in [0.25, 0.3) is 0 Å². The van der Waals surface area contributed by atoms with Gasteiger partial charge in [-0.1, -0.05) is 30.3 Å². The summed E-state index contributed by atoms with van der Waals surface area (Å²) in [4.78, 5) is 25.8. The van der Waals surface area contributed by atoms with E-state index in [9.17, 15) is 4.79 Å². The lowest BCUT2D eigenvalue weighted by Gasteiger charge is -2.25. The number of carbonyl (C=O) groups excluding carboxylic acids is 1. The Labute approximate surface area is 152 Å². The normalized spacial score (nSPS) is 15.9. The molecule has 1 atom stereocenters. The monoisotopic (exact) mass is 344 g/mol. The fourth-order valence-corrected chi connectivity index (χ4v) is 3.36. The first kappa shape index (κ1) is 16.4. The maximum absolute atomic E-state index is 12.4. The van der Waals surface area contributed by atoms with Gasteiger partial charge in [0.05, 0.1) is 12.5 Å². The molecule has 1 aliphatic rings. The van der Waals surface area contributed by atoms with Crippen LogP contribution in [-0.2, 0) is 17.6 Å². The fraction of sp³-hybridized carbons (Fsp3) is 0.238. The van der Waals surface area contributed by atoms with Gasteiger partial charge < -0.3 is 5.32 Å². The topological polar surface area (TPSA) is 67.8 Å². The Morgan fingerprint density at radius 2 is 2.00 bits per heavy atom. The number of hydrogen-bond donors (Lipinski definition) is 1. The predicted molar refractivity (Wildman–Crippen MR) is 99.2 cm³/mol. The summed E-state index contributed by atoms with van der Waals surface area (Å²) in [5.41, 5.74) is 3.98. The largest absolute Gasteiger partial charge is 0.349 e. The molecule has 0 saturated carbocycles. The van der Waals surface area contributed by atoms with Crippen molar-refractivity contribution in [3.63, 3.8) is 0 Å². The highest BCUT2D eigenvalue weighted by Gasteiger charge is 2.24. The number of nitrogens with one attached hydrogen (secondary N) is 1. The van der Waals surface area contributed by atoms with E-state index < -0.39 is 0 Å². The molecule has 0 saturated heterocycles. The molecule has 2 heterocycles. The van der Waals surface area contributed by atoms with E-state index in [1.54, 1.807) is 12.4 Å². The smallest absolute Gasteiger partial charge is 0.224 e. The van der Waals surface area contributed by atoms with Crippen LogP contribution in [0, 0.1) is 0 Å². The van der Waals surface area contributed by atoms with Crippen LogP contribution in [0.5, 0.6) is 0 Å². The molecule has 2 aromatic heterocycles. The molecule has 26 heavy (non-hydrogen) atoms. The summed E-state index contributed by atoms with van der Waals surface area (Å²) in [5.74, 6) is 0.721. The van der Waals surface area contributed by atoms with E-state index in [0.717, 1.165) is 41.6 Å². The molecule has 5 nitrogen and oxygen atoms in total. The highest BCUT2D eigenvalue weighted by Crippen LogP contribution is 2.29. The Kier molecular flexibility index (Phi) is 4.69. The number of benzene rings is 1. The Hall–Kier alpha value is -3.08. The first-order chi connectivity index (χ1) is 12.8. The summed E-state index contributed by atoms with van der Waals surface area (Å²) in [6.45, 7) is 0. The van der Waals surface area contributed by atoms with E-state index in [1.165, 1.54) is 0 Å². The summed E-state index contributed by atoms with van der Waals surface area (Å²) in [5, 5.41) is 3.15. The summed E-state index contributed by atoms with van der Waals surface area (Å²) >= 11 is 0. The van der Waals surface area contributed by atoms with Gasteiger partial charge in [-0.3, -0.25) is 9.78 Å². The van der Waals surface area contributed by atoms with E-state index in [2.05, 4.69) is 15.3 Å². The van der Waals surface area contributed by atoms with Gasteiger partial charge in [-0.05, 0) is 37.0 Å². The lowest BCUT2D eigenvalue weighted by Crippen LogP contribution is -2.32. The molecule has 130 valence electrons. The Morgan fingerprint density at radius 3 is 2.81 bits per heavy atom. The van der Waals surface area contributed by atoms with E-state index in [-0.39, 0.29) is 11.9 Å². The first-order valence-electron chi connectivity index (χ1n) is 8.89. The molecular formula is C21H20N4O. The SMILES string of the molecule is O=C(Cc1ccccc1)NC1CCCc2nc(-c3cccnc3)ncc21. The number of nitrogens with zero attached hydrogens (tertiary/aromatic N) is 3. The van der Waals surface area contributed by atoms with E-state index in [0.29, 0.717) is 12.2 Å². The number of amides is 1. The molecule has 0 aliphatic heterocycles. The van der Waals surface area contributed by atoms with Crippen LogP contribution in [-0.4, -0.2) is 20.9 Å². The molecular weight excluding hydrogens is 324 g/mol. The lowest BCUT2D eigenvalue weighted by atomic mass is 9.92. The van der Waals surface area contributed by atoms with Crippen LogP contribution in [0.4, 0.5) is 0 Å². The molecule has 1 unspecified atom stereocenters. The molecule has 1 N–H and O–H groups in total. The molecule has 0 radical (unpaired) electrons. The third-order valence-electron chi connectivity index (χ3n) is 4.64. The highest BCUT2D eigenvalue weighted by molar-refractivity contribution is 5.79. The van der Waals surface area contributed by atoms with Crippen LogP contribution in [0.25, 0.3) is 11.4 Å². The third kappa shape index (κ3) is 3.61. The van der Waals surface area contributed by atoms with Gasteiger partial charge in [-0.2, -0.15) is 0 Å².